The number of hydrogen-bond acceptors (Lipinski definition) is 3. The normalized spacial score (nSPS) is 8.78. The maximum absolute atomic E-state index is 10.2. The van der Waals surface area contributed by atoms with Crippen LogP contribution < -0.4 is 0 Å². The van der Waals surface area contributed by atoms with E-state index >= 15 is 0 Å². The maximum atomic E-state index is 10.2. The number of carbonyl (C=O) groups excluding carboxylic acids is 1. The smallest absolute Gasteiger partial charge is 0.306 e. The van der Waals surface area contributed by atoms with Crippen molar-refractivity contribution in [3.05, 3.63) is 42.0 Å². The minimum absolute atomic E-state index is 0.0498. The van der Waals surface area contributed by atoms with Crippen LogP contribution in [0.4, 0.5) is 0 Å². The van der Waals surface area contributed by atoms with Gasteiger partial charge in [-0.25, -0.2) is 0 Å². The summed E-state index contributed by atoms with van der Waals surface area (Å²) >= 11 is 0. The highest BCUT2D eigenvalue weighted by Crippen LogP contribution is 2.06. The summed E-state index contributed by atoms with van der Waals surface area (Å²) in [6.07, 6.45) is 1.66. The molecule has 1 aromatic carbocycles. The van der Waals surface area contributed by atoms with E-state index in [0.717, 1.165) is 0 Å². The van der Waals surface area contributed by atoms with Gasteiger partial charge in [0.25, 0.3) is 0 Å². The highest BCUT2D eigenvalue weighted by Gasteiger charge is 2.02. The highest BCUT2D eigenvalue weighted by molar-refractivity contribution is 5.76. The second-order valence-electron chi connectivity index (χ2n) is 3.53. The Morgan fingerprint density at radius 1 is 1.33 bits per heavy atom. The SMILES string of the molecule is C=Cc1ccccc1C.COC(=O)CCC(=O)O. The second kappa shape index (κ2) is 8.98. The minimum atomic E-state index is -0.986. The number of esters is 1. The molecule has 1 N–H and O–H groups in total. The number of aliphatic carboxylic acids is 1. The van der Waals surface area contributed by atoms with Gasteiger partial charge in [-0.05, 0) is 18.1 Å². The largest absolute Gasteiger partial charge is 0.481 e. The zero-order valence-electron chi connectivity index (χ0n) is 10.7. The number of methoxy groups -OCH3 is 1. The molecule has 0 aliphatic heterocycles. The average molecular weight is 250 g/mol. The summed E-state index contributed by atoms with van der Waals surface area (Å²) in [5, 5.41) is 8.05. The lowest BCUT2D eigenvalue weighted by molar-refractivity contribution is -0.145. The van der Waals surface area contributed by atoms with Crippen molar-refractivity contribution in [1.82, 2.24) is 0 Å². The van der Waals surface area contributed by atoms with Crippen LogP contribution in [0.3, 0.4) is 0 Å². The topological polar surface area (TPSA) is 63.6 Å². The van der Waals surface area contributed by atoms with Crippen LogP contribution >= 0.6 is 0 Å². The Balaban J connectivity index is 0.000000321. The van der Waals surface area contributed by atoms with Crippen LogP contribution in [0, 0.1) is 6.92 Å². The Hall–Kier alpha value is -2.10. The van der Waals surface area contributed by atoms with E-state index in [1.165, 1.54) is 18.2 Å². The number of carboxylic acids is 1. The molecule has 0 saturated heterocycles. The molecule has 1 aromatic rings. The summed E-state index contributed by atoms with van der Waals surface area (Å²) in [6.45, 7) is 5.77. The van der Waals surface area contributed by atoms with Gasteiger partial charge in [-0.3, -0.25) is 9.59 Å². The number of aryl methyl sites for hydroxylation is 1. The van der Waals surface area contributed by atoms with Gasteiger partial charge >= 0.3 is 11.9 Å². The number of carboxylic acid groups (broad SMARTS) is 1. The molecule has 0 unspecified atom stereocenters. The van der Waals surface area contributed by atoms with Gasteiger partial charge in [0.05, 0.1) is 20.0 Å². The quantitative estimate of drug-likeness (QED) is 0.834. The van der Waals surface area contributed by atoms with E-state index in [1.54, 1.807) is 0 Å². The fourth-order valence-electron chi connectivity index (χ4n) is 1.13. The zero-order chi connectivity index (χ0) is 14.0. The van der Waals surface area contributed by atoms with Crippen molar-refractivity contribution in [3.8, 4) is 0 Å². The third kappa shape index (κ3) is 7.22. The predicted molar refractivity (Wildman–Crippen MR) is 70.2 cm³/mol. The van der Waals surface area contributed by atoms with Crippen LogP contribution in [0.5, 0.6) is 0 Å². The van der Waals surface area contributed by atoms with Gasteiger partial charge in [0, 0.05) is 0 Å². The van der Waals surface area contributed by atoms with Crippen LogP contribution in [-0.2, 0) is 14.3 Å². The van der Waals surface area contributed by atoms with E-state index in [0.29, 0.717) is 0 Å². The summed E-state index contributed by atoms with van der Waals surface area (Å²) in [6, 6.07) is 8.19. The molecule has 4 heteroatoms. The molecule has 0 aliphatic carbocycles. The Labute approximate surface area is 107 Å². The van der Waals surface area contributed by atoms with Gasteiger partial charge in [-0.15, -0.1) is 0 Å². The second-order valence-corrected chi connectivity index (χ2v) is 3.53. The molecule has 0 fully saturated rings. The van der Waals surface area contributed by atoms with Crippen molar-refractivity contribution < 1.29 is 19.4 Å². The van der Waals surface area contributed by atoms with Crippen molar-refractivity contribution in [2.45, 2.75) is 19.8 Å². The third-order valence-corrected chi connectivity index (χ3v) is 2.18. The first-order valence-electron chi connectivity index (χ1n) is 5.48. The van der Waals surface area contributed by atoms with Gasteiger partial charge in [0.15, 0.2) is 0 Å². The first-order valence-corrected chi connectivity index (χ1v) is 5.48. The van der Waals surface area contributed by atoms with Crippen LogP contribution in [-0.4, -0.2) is 24.2 Å². The minimum Gasteiger partial charge on any atom is -0.481 e. The molecule has 0 amide bonds. The van der Waals surface area contributed by atoms with Crippen molar-refractivity contribution >= 4 is 18.0 Å². The first kappa shape index (κ1) is 15.9. The lowest BCUT2D eigenvalue weighted by atomic mass is 10.1. The Morgan fingerprint density at radius 3 is 2.33 bits per heavy atom. The molecular weight excluding hydrogens is 232 g/mol. The van der Waals surface area contributed by atoms with Crippen molar-refractivity contribution in [1.29, 1.82) is 0 Å². The Kier molecular flexibility index (Phi) is 7.94. The summed E-state index contributed by atoms with van der Waals surface area (Å²) in [5.41, 5.74) is 2.50. The van der Waals surface area contributed by atoms with Crippen LogP contribution in [0.15, 0.2) is 30.8 Å². The average Bonchev–Trinajstić information content (AvgIpc) is 2.37. The number of ether oxygens (including phenoxy) is 1. The number of rotatable bonds is 4. The lowest BCUT2D eigenvalue weighted by Crippen LogP contribution is -2.04. The molecule has 0 heterocycles. The molecule has 98 valence electrons. The van der Waals surface area contributed by atoms with Gasteiger partial charge in [0.2, 0.25) is 0 Å². The van der Waals surface area contributed by atoms with E-state index in [1.807, 2.05) is 18.2 Å². The van der Waals surface area contributed by atoms with Crippen molar-refractivity contribution in [3.63, 3.8) is 0 Å². The van der Waals surface area contributed by atoms with E-state index < -0.39 is 11.9 Å². The third-order valence-electron chi connectivity index (χ3n) is 2.18. The molecule has 0 aromatic heterocycles. The number of carbonyl (C=O) groups is 2. The first-order chi connectivity index (χ1) is 8.51. The van der Waals surface area contributed by atoms with Crippen molar-refractivity contribution in [2.24, 2.45) is 0 Å². The van der Waals surface area contributed by atoms with E-state index in [-0.39, 0.29) is 12.8 Å². The van der Waals surface area contributed by atoms with E-state index in [2.05, 4.69) is 30.4 Å². The predicted octanol–water partition coefficient (Wildman–Crippen LogP) is 2.66. The molecule has 0 saturated carbocycles. The van der Waals surface area contributed by atoms with Gasteiger partial charge < -0.3 is 9.84 Å². The van der Waals surface area contributed by atoms with E-state index in [9.17, 15) is 9.59 Å². The Bertz CT molecular complexity index is 410. The molecule has 18 heavy (non-hydrogen) atoms. The van der Waals surface area contributed by atoms with Crippen LogP contribution in [0.1, 0.15) is 24.0 Å². The standard InChI is InChI=1S/C9H10.C5H8O4/c1-3-9-7-5-4-6-8(9)2;1-9-5(8)3-2-4(6)7/h3-7H,1H2,2H3;2-3H2,1H3,(H,6,7). The monoisotopic (exact) mass is 250 g/mol. The molecule has 0 radical (unpaired) electrons. The van der Waals surface area contributed by atoms with Gasteiger partial charge in [-0.1, -0.05) is 36.9 Å². The fraction of sp³-hybridized carbons (Fsp3) is 0.286. The van der Waals surface area contributed by atoms with E-state index in [4.69, 9.17) is 5.11 Å². The molecule has 0 aliphatic rings. The van der Waals surface area contributed by atoms with Gasteiger partial charge in [-0.2, -0.15) is 0 Å². The summed E-state index contributed by atoms with van der Waals surface area (Å²) in [7, 11) is 1.23. The molecule has 0 spiro atoms. The zero-order valence-corrected chi connectivity index (χ0v) is 10.7. The summed E-state index contributed by atoms with van der Waals surface area (Å²) in [4.78, 5) is 20.0. The fourth-order valence-corrected chi connectivity index (χ4v) is 1.13. The number of benzene rings is 1. The van der Waals surface area contributed by atoms with Gasteiger partial charge in [0.1, 0.15) is 0 Å². The van der Waals surface area contributed by atoms with Crippen LogP contribution in [0.25, 0.3) is 6.08 Å². The Morgan fingerprint density at radius 2 is 1.94 bits per heavy atom. The molecule has 0 atom stereocenters. The summed E-state index contributed by atoms with van der Waals surface area (Å²) < 4.78 is 4.20. The highest BCUT2D eigenvalue weighted by atomic mass is 16.5. The molecule has 0 bridgehead atoms. The molecule has 1 rings (SSSR count). The lowest BCUT2D eigenvalue weighted by Gasteiger charge is -1.95. The van der Waals surface area contributed by atoms with Crippen LogP contribution in [0.2, 0.25) is 0 Å². The summed E-state index contributed by atoms with van der Waals surface area (Å²) in [5.74, 6) is -1.47. The number of hydrogen-bond donors (Lipinski definition) is 1. The maximum Gasteiger partial charge on any atom is 0.306 e. The molecule has 4 nitrogen and oxygen atoms in total. The van der Waals surface area contributed by atoms with Crippen molar-refractivity contribution in [2.75, 3.05) is 7.11 Å². The molecular formula is C14H18O4.